The Bertz CT molecular complexity index is 310. The number of amides is 1. The Kier molecular flexibility index (Phi) is 4.13. The molecule has 1 amide bonds. The third-order valence-electron chi connectivity index (χ3n) is 1.94. The van der Waals surface area contributed by atoms with Crippen LogP contribution in [-0.2, 0) is 11.3 Å². The molecule has 0 aliphatic carbocycles. The van der Waals surface area contributed by atoms with Gasteiger partial charge in [0.25, 0.3) is 0 Å². The first-order valence-corrected chi connectivity index (χ1v) is 4.74. The summed E-state index contributed by atoms with van der Waals surface area (Å²) < 4.78 is 0. The fourth-order valence-electron chi connectivity index (χ4n) is 1.24. The molecule has 14 heavy (non-hydrogen) atoms. The Morgan fingerprint density at radius 2 is 2.29 bits per heavy atom. The molecule has 0 radical (unpaired) electrons. The van der Waals surface area contributed by atoms with Gasteiger partial charge in [-0.1, -0.05) is 29.8 Å². The number of aryl methyl sites for hydroxylation is 1. The number of carbonyl (C=O) groups excluding carboxylic acids is 1. The van der Waals surface area contributed by atoms with Crippen molar-refractivity contribution in [3.8, 4) is 0 Å². The van der Waals surface area contributed by atoms with Crippen LogP contribution in [0.1, 0.15) is 17.5 Å². The molecule has 0 unspecified atom stereocenters. The van der Waals surface area contributed by atoms with Crippen molar-refractivity contribution in [2.24, 2.45) is 5.73 Å². The molecule has 0 aliphatic rings. The standard InChI is InChI=1S/C11H16N2O/c1-9-3-2-4-10(7-9)8-13-11(14)5-6-12/h2-4,7H,5-6,8,12H2,1H3,(H,13,14). The van der Waals surface area contributed by atoms with Crippen LogP contribution >= 0.6 is 0 Å². The summed E-state index contributed by atoms with van der Waals surface area (Å²) in [6.07, 6.45) is 0.395. The van der Waals surface area contributed by atoms with Crippen molar-refractivity contribution in [1.29, 1.82) is 0 Å². The first-order chi connectivity index (χ1) is 6.72. The summed E-state index contributed by atoms with van der Waals surface area (Å²) in [5.74, 6) is 0.00834. The second kappa shape index (κ2) is 5.40. The number of hydrogen-bond acceptors (Lipinski definition) is 2. The maximum absolute atomic E-state index is 11.1. The van der Waals surface area contributed by atoms with Crippen molar-refractivity contribution in [2.75, 3.05) is 6.54 Å². The quantitative estimate of drug-likeness (QED) is 0.746. The fourth-order valence-corrected chi connectivity index (χ4v) is 1.24. The highest BCUT2D eigenvalue weighted by atomic mass is 16.1. The monoisotopic (exact) mass is 192 g/mol. The minimum atomic E-state index is 0.00834. The van der Waals surface area contributed by atoms with E-state index in [1.54, 1.807) is 0 Å². The molecule has 1 rings (SSSR count). The lowest BCUT2D eigenvalue weighted by atomic mass is 10.1. The molecule has 0 atom stereocenters. The van der Waals surface area contributed by atoms with E-state index in [9.17, 15) is 4.79 Å². The first kappa shape index (κ1) is 10.7. The van der Waals surface area contributed by atoms with Gasteiger partial charge in [0, 0.05) is 19.5 Å². The predicted molar refractivity (Wildman–Crippen MR) is 56.7 cm³/mol. The summed E-state index contributed by atoms with van der Waals surface area (Å²) in [6.45, 7) is 3.02. The molecule has 76 valence electrons. The Hall–Kier alpha value is -1.35. The molecule has 0 spiro atoms. The maximum atomic E-state index is 11.1. The summed E-state index contributed by atoms with van der Waals surface area (Å²) in [4.78, 5) is 11.1. The van der Waals surface area contributed by atoms with Crippen LogP contribution in [0.2, 0.25) is 0 Å². The normalized spacial score (nSPS) is 9.86. The van der Waals surface area contributed by atoms with Crippen molar-refractivity contribution < 1.29 is 4.79 Å². The van der Waals surface area contributed by atoms with Gasteiger partial charge in [-0.05, 0) is 12.5 Å². The van der Waals surface area contributed by atoms with E-state index >= 15 is 0 Å². The summed E-state index contributed by atoms with van der Waals surface area (Å²) in [7, 11) is 0. The number of benzene rings is 1. The van der Waals surface area contributed by atoms with Gasteiger partial charge in [0.15, 0.2) is 0 Å². The van der Waals surface area contributed by atoms with Crippen molar-refractivity contribution in [3.63, 3.8) is 0 Å². The Balaban J connectivity index is 2.41. The summed E-state index contributed by atoms with van der Waals surface area (Å²) in [6, 6.07) is 8.07. The van der Waals surface area contributed by atoms with Crippen LogP contribution in [0, 0.1) is 6.92 Å². The molecule has 0 aliphatic heterocycles. The first-order valence-electron chi connectivity index (χ1n) is 4.74. The molecular formula is C11H16N2O. The average Bonchev–Trinajstić information content (AvgIpc) is 2.15. The van der Waals surface area contributed by atoms with E-state index in [-0.39, 0.29) is 5.91 Å². The number of carbonyl (C=O) groups is 1. The molecule has 0 heterocycles. The second-order valence-electron chi connectivity index (χ2n) is 3.30. The Morgan fingerprint density at radius 3 is 2.93 bits per heavy atom. The van der Waals surface area contributed by atoms with Gasteiger partial charge >= 0.3 is 0 Å². The number of nitrogens with one attached hydrogen (secondary N) is 1. The lowest BCUT2D eigenvalue weighted by molar-refractivity contribution is -0.121. The molecule has 3 N–H and O–H groups in total. The van der Waals surface area contributed by atoms with Gasteiger partial charge in [0.2, 0.25) is 5.91 Å². The lowest BCUT2D eigenvalue weighted by Gasteiger charge is -2.04. The molecule has 0 fully saturated rings. The zero-order chi connectivity index (χ0) is 10.4. The molecular weight excluding hydrogens is 176 g/mol. The van der Waals surface area contributed by atoms with Crippen molar-refractivity contribution in [3.05, 3.63) is 35.4 Å². The van der Waals surface area contributed by atoms with E-state index in [0.717, 1.165) is 5.56 Å². The molecule has 0 bridgehead atoms. The van der Waals surface area contributed by atoms with E-state index in [1.807, 2.05) is 25.1 Å². The minimum Gasteiger partial charge on any atom is -0.352 e. The average molecular weight is 192 g/mol. The van der Waals surface area contributed by atoms with E-state index in [2.05, 4.69) is 11.4 Å². The van der Waals surface area contributed by atoms with Gasteiger partial charge in [-0.2, -0.15) is 0 Å². The van der Waals surface area contributed by atoms with Crippen LogP contribution in [0.25, 0.3) is 0 Å². The zero-order valence-corrected chi connectivity index (χ0v) is 8.42. The maximum Gasteiger partial charge on any atom is 0.221 e. The van der Waals surface area contributed by atoms with Gasteiger partial charge in [-0.15, -0.1) is 0 Å². The number of rotatable bonds is 4. The molecule has 3 nitrogen and oxygen atoms in total. The van der Waals surface area contributed by atoms with Gasteiger partial charge < -0.3 is 11.1 Å². The van der Waals surface area contributed by atoms with Gasteiger partial charge in [0.05, 0.1) is 0 Å². The summed E-state index contributed by atoms with van der Waals surface area (Å²) in [5.41, 5.74) is 7.59. The minimum absolute atomic E-state index is 0.00834. The van der Waals surface area contributed by atoms with Gasteiger partial charge in [-0.25, -0.2) is 0 Å². The molecule has 0 aromatic heterocycles. The molecule has 0 saturated heterocycles. The molecule has 1 aromatic carbocycles. The Labute approximate surface area is 84.3 Å². The van der Waals surface area contributed by atoms with Crippen LogP contribution in [0.5, 0.6) is 0 Å². The highest BCUT2D eigenvalue weighted by Gasteiger charge is 1.98. The highest BCUT2D eigenvalue weighted by Crippen LogP contribution is 2.03. The van der Waals surface area contributed by atoms with Crippen molar-refractivity contribution >= 4 is 5.91 Å². The fraction of sp³-hybridized carbons (Fsp3) is 0.364. The zero-order valence-electron chi connectivity index (χ0n) is 8.42. The third kappa shape index (κ3) is 3.58. The molecule has 0 saturated carbocycles. The Morgan fingerprint density at radius 1 is 1.50 bits per heavy atom. The smallest absolute Gasteiger partial charge is 0.221 e. The SMILES string of the molecule is Cc1cccc(CNC(=O)CCN)c1. The van der Waals surface area contributed by atoms with Crippen molar-refractivity contribution in [1.82, 2.24) is 5.32 Å². The van der Waals surface area contributed by atoms with E-state index in [1.165, 1.54) is 5.56 Å². The number of nitrogens with two attached hydrogens (primary N) is 1. The van der Waals surface area contributed by atoms with Crippen LogP contribution in [-0.4, -0.2) is 12.5 Å². The van der Waals surface area contributed by atoms with Crippen LogP contribution in [0.4, 0.5) is 0 Å². The third-order valence-corrected chi connectivity index (χ3v) is 1.94. The van der Waals surface area contributed by atoms with Crippen LogP contribution in [0.3, 0.4) is 0 Å². The predicted octanol–water partition coefficient (Wildman–Crippen LogP) is 0.960. The van der Waals surface area contributed by atoms with Crippen LogP contribution in [0.15, 0.2) is 24.3 Å². The summed E-state index contributed by atoms with van der Waals surface area (Å²) >= 11 is 0. The highest BCUT2D eigenvalue weighted by molar-refractivity contribution is 5.76. The number of hydrogen-bond donors (Lipinski definition) is 2. The summed E-state index contributed by atoms with van der Waals surface area (Å²) in [5, 5.41) is 2.81. The topological polar surface area (TPSA) is 55.1 Å². The van der Waals surface area contributed by atoms with E-state index in [0.29, 0.717) is 19.5 Å². The molecule has 3 heteroatoms. The van der Waals surface area contributed by atoms with Crippen LogP contribution < -0.4 is 11.1 Å². The lowest BCUT2D eigenvalue weighted by Crippen LogP contribution is -2.24. The van der Waals surface area contributed by atoms with E-state index in [4.69, 9.17) is 5.73 Å². The van der Waals surface area contributed by atoms with E-state index < -0.39 is 0 Å². The largest absolute Gasteiger partial charge is 0.352 e. The van der Waals surface area contributed by atoms with Crippen molar-refractivity contribution in [2.45, 2.75) is 19.9 Å². The van der Waals surface area contributed by atoms with Gasteiger partial charge in [-0.3, -0.25) is 4.79 Å². The van der Waals surface area contributed by atoms with Gasteiger partial charge in [0.1, 0.15) is 0 Å². The molecule has 1 aromatic rings. The second-order valence-corrected chi connectivity index (χ2v) is 3.30.